The number of aromatic hydroxyl groups is 1. The van der Waals surface area contributed by atoms with Crippen molar-refractivity contribution in [2.24, 2.45) is 0 Å². The minimum Gasteiger partial charge on any atom is -0.507 e. The lowest BCUT2D eigenvalue weighted by molar-refractivity contribution is 0.102. The highest BCUT2D eigenvalue weighted by molar-refractivity contribution is 7.15. The van der Waals surface area contributed by atoms with Gasteiger partial charge in [-0.3, -0.25) is 10.1 Å². The molecule has 1 aromatic heterocycles. The molecule has 0 unspecified atom stereocenters. The Morgan fingerprint density at radius 3 is 2.62 bits per heavy atom. The summed E-state index contributed by atoms with van der Waals surface area (Å²) in [7, 11) is 0. The van der Waals surface area contributed by atoms with Gasteiger partial charge in [0.05, 0.1) is 5.56 Å². The molecule has 1 heterocycles. The third-order valence-corrected chi connectivity index (χ3v) is 4.08. The molecule has 0 saturated heterocycles. The van der Waals surface area contributed by atoms with Crippen molar-refractivity contribution in [1.82, 2.24) is 10.2 Å². The maximum atomic E-state index is 12.2. The van der Waals surface area contributed by atoms with Crippen molar-refractivity contribution >= 4 is 33.1 Å². The highest BCUT2D eigenvalue weighted by Gasteiger charge is 2.14. The Bertz CT molecular complexity index is 814. The van der Waals surface area contributed by atoms with Crippen molar-refractivity contribution in [3.63, 3.8) is 0 Å². The average molecular weight is 299 g/mol. The number of carbonyl (C=O) groups excluding carboxylic acids is 1. The van der Waals surface area contributed by atoms with Crippen molar-refractivity contribution in [3.8, 4) is 5.75 Å². The number of rotatable bonds is 3. The second-order valence-electron chi connectivity index (χ2n) is 4.53. The fourth-order valence-corrected chi connectivity index (χ4v) is 2.70. The maximum Gasteiger partial charge on any atom is 0.261 e. The van der Waals surface area contributed by atoms with Crippen LogP contribution in [0.2, 0.25) is 0 Å². The number of anilines is 1. The zero-order chi connectivity index (χ0) is 14.8. The molecular weight excluding hydrogens is 286 g/mol. The summed E-state index contributed by atoms with van der Waals surface area (Å²) < 4.78 is 0. The predicted octanol–water partition coefficient (Wildman–Crippen LogP) is 3.21. The summed E-state index contributed by atoms with van der Waals surface area (Å²) in [5, 5.41) is 23.6. The summed E-state index contributed by atoms with van der Waals surface area (Å²) in [6, 6.07) is 10.8. The number of hydrogen-bond acceptors (Lipinski definition) is 5. The van der Waals surface area contributed by atoms with Crippen LogP contribution in [0.1, 0.15) is 22.3 Å². The maximum absolute atomic E-state index is 12.2. The van der Waals surface area contributed by atoms with Crippen LogP contribution in [0.25, 0.3) is 10.8 Å². The number of benzene rings is 2. The molecule has 0 bridgehead atoms. The molecule has 2 aromatic carbocycles. The molecule has 0 spiro atoms. The van der Waals surface area contributed by atoms with Gasteiger partial charge in [-0.15, -0.1) is 10.2 Å². The van der Waals surface area contributed by atoms with E-state index < -0.39 is 5.91 Å². The largest absolute Gasteiger partial charge is 0.507 e. The third-order valence-electron chi connectivity index (χ3n) is 3.10. The Morgan fingerprint density at radius 1 is 1.24 bits per heavy atom. The number of carbonyl (C=O) groups is 1. The van der Waals surface area contributed by atoms with Gasteiger partial charge in [0.25, 0.3) is 5.91 Å². The quantitative estimate of drug-likeness (QED) is 0.778. The Hall–Kier alpha value is -2.47. The molecule has 3 rings (SSSR count). The van der Waals surface area contributed by atoms with E-state index in [9.17, 15) is 9.90 Å². The number of aromatic nitrogens is 2. The number of nitrogens with zero attached hydrogens (tertiary/aromatic N) is 2. The van der Waals surface area contributed by atoms with Gasteiger partial charge in [-0.05, 0) is 29.3 Å². The van der Waals surface area contributed by atoms with Crippen LogP contribution in [0.15, 0.2) is 36.4 Å². The van der Waals surface area contributed by atoms with Gasteiger partial charge in [0.1, 0.15) is 10.8 Å². The smallest absolute Gasteiger partial charge is 0.261 e. The Morgan fingerprint density at radius 2 is 1.95 bits per heavy atom. The first kappa shape index (κ1) is 13.5. The average Bonchev–Trinajstić information content (AvgIpc) is 2.94. The van der Waals surface area contributed by atoms with Gasteiger partial charge in [-0.1, -0.05) is 42.5 Å². The van der Waals surface area contributed by atoms with Gasteiger partial charge in [0, 0.05) is 0 Å². The molecule has 106 valence electrons. The first-order valence-corrected chi connectivity index (χ1v) is 7.34. The summed E-state index contributed by atoms with van der Waals surface area (Å²) in [4.78, 5) is 12.2. The first-order chi connectivity index (χ1) is 10.2. The summed E-state index contributed by atoms with van der Waals surface area (Å²) in [5.74, 6) is -0.441. The Labute approximate surface area is 125 Å². The van der Waals surface area contributed by atoms with Crippen molar-refractivity contribution in [3.05, 3.63) is 47.0 Å². The van der Waals surface area contributed by atoms with Gasteiger partial charge in [-0.2, -0.15) is 0 Å². The van der Waals surface area contributed by atoms with E-state index in [0.29, 0.717) is 5.13 Å². The molecule has 2 N–H and O–H groups in total. The zero-order valence-electron chi connectivity index (χ0n) is 11.3. The van der Waals surface area contributed by atoms with E-state index in [1.165, 1.54) is 11.3 Å². The highest BCUT2D eigenvalue weighted by Crippen LogP contribution is 2.26. The number of hydrogen-bond donors (Lipinski definition) is 2. The lowest BCUT2D eigenvalue weighted by Gasteiger charge is -2.06. The molecule has 0 aliphatic carbocycles. The Kier molecular flexibility index (Phi) is 3.53. The molecular formula is C15H13N3O2S. The second-order valence-corrected chi connectivity index (χ2v) is 5.59. The number of phenols is 1. The summed E-state index contributed by atoms with van der Waals surface area (Å²) in [5.41, 5.74) is 0.224. The van der Waals surface area contributed by atoms with E-state index in [0.717, 1.165) is 22.2 Å². The molecule has 6 heteroatoms. The molecule has 0 atom stereocenters. The summed E-state index contributed by atoms with van der Waals surface area (Å²) >= 11 is 1.33. The van der Waals surface area contributed by atoms with Crippen LogP contribution < -0.4 is 5.32 Å². The van der Waals surface area contributed by atoms with Crippen molar-refractivity contribution in [2.75, 3.05) is 5.32 Å². The molecule has 0 fully saturated rings. The topological polar surface area (TPSA) is 75.1 Å². The highest BCUT2D eigenvalue weighted by atomic mass is 32.1. The molecule has 0 radical (unpaired) electrons. The van der Waals surface area contributed by atoms with E-state index in [1.807, 2.05) is 31.2 Å². The van der Waals surface area contributed by atoms with Gasteiger partial charge >= 0.3 is 0 Å². The zero-order valence-corrected chi connectivity index (χ0v) is 12.1. The van der Waals surface area contributed by atoms with E-state index in [1.54, 1.807) is 12.1 Å². The van der Waals surface area contributed by atoms with Crippen LogP contribution in [0.5, 0.6) is 5.75 Å². The van der Waals surface area contributed by atoms with Crippen LogP contribution in [-0.4, -0.2) is 21.2 Å². The predicted molar refractivity (Wildman–Crippen MR) is 82.9 cm³/mol. The van der Waals surface area contributed by atoms with Gasteiger partial charge in [0.2, 0.25) is 5.13 Å². The lowest BCUT2D eigenvalue weighted by Crippen LogP contribution is -2.12. The molecule has 0 aliphatic rings. The fourth-order valence-electron chi connectivity index (χ4n) is 2.02. The van der Waals surface area contributed by atoms with Crippen LogP contribution in [-0.2, 0) is 6.42 Å². The van der Waals surface area contributed by atoms with Crippen molar-refractivity contribution in [2.45, 2.75) is 13.3 Å². The molecule has 21 heavy (non-hydrogen) atoms. The van der Waals surface area contributed by atoms with Crippen LogP contribution in [0.4, 0.5) is 5.13 Å². The monoisotopic (exact) mass is 299 g/mol. The lowest BCUT2D eigenvalue weighted by atomic mass is 10.1. The number of amides is 1. The summed E-state index contributed by atoms with van der Waals surface area (Å²) in [6.07, 6.45) is 0.773. The minimum atomic E-state index is -0.392. The Balaban J connectivity index is 1.91. The van der Waals surface area contributed by atoms with E-state index in [-0.39, 0.29) is 11.3 Å². The number of fused-ring (bicyclic) bond motifs is 1. The van der Waals surface area contributed by atoms with E-state index in [2.05, 4.69) is 15.5 Å². The SMILES string of the molecule is CCc1nnc(NC(=O)c2cc3ccccc3cc2O)s1. The van der Waals surface area contributed by atoms with E-state index in [4.69, 9.17) is 0 Å². The minimum absolute atomic E-state index is 0.0496. The first-order valence-electron chi connectivity index (χ1n) is 6.53. The number of nitrogens with one attached hydrogen (secondary N) is 1. The number of aryl methyl sites for hydroxylation is 1. The second kappa shape index (κ2) is 5.49. The molecule has 1 amide bonds. The standard InChI is InChI=1S/C15H13N3O2S/c1-2-13-17-18-15(21-13)16-14(20)11-7-9-5-3-4-6-10(9)8-12(11)19/h3-8,19H,2H2,1H3,(H,16,18,20). The van der Waals surface area contributed by atoms with Crippen LogP contribution in [0, 0.1) is 0 Å². The molecule has 0 saturated carbocycles. The van der Waals surface area contributed by atoms with Crippen LogP contribution in [0.3, 0.4) is 0 Å². The fraction of sp³-hybridized carbons (Fsp3) is 0.133. The summed E-state index contributed by atoms with van der Waals surface area (Å²) in [6.45, 7) is 1.97. The molecule has 5 nitrogen and oxygen atoms in total. The van der Waals surface area contributed by atoms with Crippen molar-refractivity contribution < 1.29 is 9.90 Å². The number of phenolic OH excluding ortho intramolecular Hbond substituents is 1. The van der Waals surface area contributed by atoms with E-state index >= 15 is 0 Å². The molecule has 0 aliphatic heterocycles. The third kappa shape index (κ3) is 2.71. The van der Waals surface area contributed by atoms with Gasteiger partial charge in [-0.25, -0.2) is 0 Å². The van der Waals surface area contributed by atoms with Gasteiger partial charge in [0.15, 0.2) is 0 Å². The normalized spacial score (nSPS) is 10.7. The van der Waals surface area contributed by atoms with Crippen molar-refractivity contribution in [1.29, 1.82) is 0 Å². The molecule has 3 aromatic rings. The van der Waals surface area contributed by atoms with Gasteiger partial charge < -0.3 is 5.11 Å². The van der Waals surface area contributed by atoms with Crippen LogP contribution >= 0.6 is 11.3 Å².